The lowest BCUT2D eigenvalue weighted by atomic mass is 9.95. The molecule has 0 spiro atoms. The molecule has 8 nitrogen and oxygen atoms in total. The summed E-state index contributed by atoms with van der Waals surface area (Å²) >= 11 is 0. The van der Waals surface area contributed by atoms with Gasteiger partial charge in [-0.15, -0.1) is 0 Å². The highest BCUT2D eigenvalue weighted by atomic mass is 15.3. The molecule has 4 aromatic rings. The van der Waals surface area contributed by atoms with E-state index in [1.54, 1.807) is 0 Å². The standard InChI is InChI=1S/C29H38N8/c1-20-25(21(2)35(3)34-20)27-32-28(26-29(33-27)37(19-30-26)24-12-8-5-9-13-24)31-23-14-16-36(17-15-23)18-22-10-6-4-7-11-22/h4,6-7,10-11,19,23-24H,5,8-9,12-18H2,1-3H3,(H,31,32,33). The third-order valence-electron chi connectivity index (χ3n) is 8.30. The molecule has 0 radical (unpaired) electrons. The van der Waals surface area contributed by atoms with Crippen LogP contribution in [0.2, 0.25) is 0 Å². The van der Waals surface area contributed by atoms with Gasteiger partial charge in [-0.05, 0) is 45.1 Å². The van der Waals surface area contributed by atoms with Crippen LogP contribution in [0.3, 0.4) is 0 Å². The van der Waals surface area contributed by atoms with E-state index >= 15 is 0 Å². The van der Waals surface area contributed by atoms with Gasteiger partial charge >= 0.3 is 0 Å². The summed E-state index contributed by atoms with van der Waals surface area (Å²) in [6.45, 7) is 7.30. The van der Waals surface area contributed by atoms with Crippen LogP contribution in [0.5, 0.6) is 0 Å². The minimum Gasteiger partial charge on any atom is -0.365 e. The lowest BCUT2D eigenvalue weighted by Gasteiger charge is -2.32. The van der Waals surface area contributed by atoms with Crippen molar-refractivity contribution in [1.82, 2.24) is 34.2 Å². The van der Waals surface area contributed by atoms with Crippen LogP contribution < -0.4 is 5.32 Å². The van der Waals surface area contributed by atoms with Crippen molar-refractivity contribution in [2.75, 3.05) is 18.4 Å². The zero-order valence-electron chi connectivity index (χ0n) is 22.3. The van der Waals surface area contributed by atoms with Gasteiger partial charge in [-0.2, -0.15) is 5.10 Å². The number of imidazole rings is 1. The number of hydrogen-bond acceptors (Lipinski definition) is 6. The molecule has 0 bridgehead atoms. The smallest absolute Gasteiger partial charge is 0.167 e. The Labute approximate surface area is 219 Å². The van der Waals surface area contributed by atoms with E-state index in [9.17, 15) is 0 Å². The van der Waals surface area contributed by atoms with Gasteiger partial charge in [0.1, 0.15) is 5.52 Å². The molecular weight excluding hydrogens is 460 g/mol. The molecule has 1 N–H and O–H groups in total. The van der Waals surface area contributed by atoms with E-state index in [4.69, 9.17) is 15.0 Å². The average molecular weight is 499 g/mol. The van der Waals surface area contributed by atoms with Crippen molar-refractivity contribution >= 4 is 17.0 Å². The highest BCUT2D eigenvalue weighted by Crippen LogP contribution is 2.34. The predicted molar refractivity (Wildman–Crippen MR) is 147 cm³/mol. The van der Waals surface area contributed by atoms with Crippen molar-refractivity contribution in [1.29, 1.82) is 0 Å². The molecule has 4 heterocycles. The number of nitrogens with one attached hydrogen (secondary N) is 1. The van der Waals surface area contributed by atoms with Gasteiger partial charge in [0.05, 0.1) is 17.6 Å². The first-order valence-corrected chi connectivity index (χ1v) is 13.8. The number of hydrogen-bond donors (Lipinski definition) is 1. The number of aromatic nitrogens is 6. The lowest BCUT2D eigenvalue weighted by molar-refractivity contribution is 0.211. The third-order valence-corrected chi connectivity index (χ3v) is 8.30. The number of nitrogens with zero attached hydrogens (tertiary/aromatic N) is 7. The van der Waals surface area contributed by atoms with Crippen LogP contribution in [0.15, 0.2) is 36.7 Å². The van der Waals surface area contributed by atoms with Crippen molar-refractivity contribution in [2.24, 2.45) is 7.05 Å². The number of piperidine rings is 1. The zero-order valence-corrected chi connectivity index (χ0v) is 22.3. The minimum absolute atomic E-state index is 0.369. The molecule has 194 valence electrons. The first-order chi connectivity index (χ1) is 18.1. The molecule has 37 heavy (non-hydrogen) atoms. The van der Waals surface area contributed by atoms with Gasteiger partial charge in [0.2, 0.25) is 0 Å². The topological polar surface area (TPSA) is 76.7 Å². The molecule has 1 aliphatic carbocycles. The monoisotopic (exact) mass is 498 g/mol. The molecule has 1 saturated carbocycles. The SMILES string of the molecule is Cc1nn(C)c(C)c1-c1nc(NC2CCN(Cc3ccccc3)CC2)c2ncn(C3CCCCC3)c2n1. The van der Waals surface area contributed by atoms with Crippen LogP contribution in [0.25, 0.3) is 22.6 Å². The lowest BCUT2D eigenvalue weighted by Crippen LogP contribution is -2.38. The molecule has 8 heteroatoms. The quantitative estimate of drug-likeness (QED) is 0.382. The van der Waals surface area contributed by atoms with Crippen LogP contribution in [-0.2, 0) is 13.6 Å². The van der Waals surface area contributed by atoms with E-state index in [2.05, 4.69) is 57.1 Å². The van der Waals surface area contributed by atoms with Crippen molar-refractivity contribution in [3.05, 3.63) is 53.6 Å². The summed E-state index contributed by atoms with van der Waals surface area (Å²) in [7, 11) is 1.99. The Morgan fingerprint density at radius 3 is 2.41 bits per heavy atom. The first-order valence-electron chi connectivity index (χ1n) is 13.8. The summed E-state index contributed by atoms with van der Waals surface area (Å²) in [5, 5.41) is 8.44. The normalized spacial score (nSPS) is 18.0. The summed E-state index contributed by atoms with van der Waals surface area (Å²) in [5.41, 5.74) is 6.29. The van der Waals surface area contributed by atoms with Crippen molar-refractivity contribution in [3.63, 3.8) is 0 Å². The summed E-state index contributed by atoms with van der Waals surface area (Å²) in [5.74, 6) is 1.61. The summed E-state index contributed by atoms with van der Waals surface area (Å²) < 4.78 is 4.24. The van der Waals surface area contributed by atoms with Gasteiger partial charge in [-0.1, -0.05) is 49.6 Å². The summed E-state index contributed by atoms with van der Waals surface area (Å²) in [6, 6.07) is 11.6. The molecule has 2 fully saturated rings. The van der Waals surface area contributed by atoms with E-state index < -0.39 is 0 Å². The minimum atomic E-state index is 0.369. The maximum absolute atomic E-state index is 5.12. The Balaban J connectivity index is 1.29. The maximum atomic E-state index is 5.12. The van der Waals surface area contributed by atoms with Crippen LogP contribution in [-0.4, -0.2) is 53.3 Å². The van der Waals surface area contributed by atoms with Gasteiger partial charge in [0, 0.05) is 44.5 Å². The highest BCUT2D eigenvalue weighted by Gasteiger charge is 2.25. The van der Waals surface area contributed by atoms with E-state index in [1.165, 1.54) is 37.7 Å². The Hall–Kier alpha value is -3.26. The highest BCUT2D eigenvalue weighted by molar-refractivity contribution is 5.85. The molecule has 1 aromatic carbocycles. The van der Waals surface area contributed by atoms with Gasteiger partial charge in [-0.25, -0.2) is 15.0 Å². The Morgan fingerprint density at radius 2 is 1.70 bits per heavy atom. The molecule has 1 aliphatic heterocycles. The van der Waals surface area contributed by atoms with Crippen LogP contribution in [0.4, 0.5) is 5.82 Å². The average Bonchev–Trinajstić information content (AvgIpc) is 3.46. The number of benzene rings is 1. The Bertz CT molecular complexity index is 1360. The second-order valence-corrected chi connectivity index (χ2v) is 10.9. The van der Waals surface area contributed by atoms with Crippen LogP contribution >= 0.6 is 0 Å². The maximum Gasteiger partial charge on any atom is 0.167 e. The fraction of sp³-hybridized carbons (Fsp3) is 0.517. The van der Waals surface area contributed by atoms with E-state index in [-0.39, 0.29) is 0 Å². The Kier molecular flexibility index (Phi) is 6.67. The van der Waals surface area contributed by atoms with Gasteiger partial charge in [0.15, 0.2) is 17.3 Å². The van der Waals surface area contributed by atoms with E-state index in [0.29, 0.717) is 12.1 Å². The van der Waals surface area contributed by atoms with E-state index in [1.807, 2.05) is 25.0 Å². The second kappa shape index (κ2) is 10.2. The number of anilines is 1. The van der Waals surface area contributed by atoms with Crippen LogP contribution in [0.1, 0.15) is 67.9 Å². The fourth-order valence-electron chi connectivity index (χ4n) is 6.12. The molecule has 3 aromatic heterocycles. The van der Waals surface area contributed by atoms with Gasteiger partial charge in [-0.3, -0.25) is 9.58 Å². The number of likely N-dealkylation sites (tertiary alicyclic amines) is 1. The molecule has 0 amide bonds. The molecule has 0 unspecified atom stereocenters. The predicted octanol–water partition coefficient (Wildman–Crippen LogP) is 5.43. The summed E-state index contributed by atoms with van der Waals surface area (Å²) in [4.78, 5) is 17.6. The first kappa shape index (κ1) is 24.1. The Morgan fingerprint density at radius 1 is 0.946 bits per heavy atom. The van der Waals surface area contributed by atoms with Crippen molar-refractivity contribution in [2.45, 2.75) is 77.4 Å². The molecular formula is C29H38N8. The number of aryl methyl sites for hydroxylation is 2. The molecule has 1 saturated heterocycles. The molecule has 6 rings (SSSR count). The van der Waals surface area contributed by atoms with Gasteiger partial charge in [0.25, 0.3) is 0 Å². The second-order valence-electron chi connectivity index (χ2n) is 10.9. The summed E-state index contributed by atoms with van der Waals surface area (Å²) in [6.07, 6.45) is 10.4. The van der Waals surface area contributed by atoms with Gasteiger partial charge < -0.3 is 9.88 Å². The van der Waals surface area contributed by atoms with Crippen molar-refractivity contribution in [3.8, 4) is 11.4 Å². The molecule has 2 aliphatic rings. The third kappa shape index (κ3) is 4.87. The number of rotatable bonds is 6. The van der Waals surface area contributed by atoms with E-state index in [0.717, 1.165) is 72.2 Å². The zero-order chi connectivity index (χ0) is 25.4. The van der Waals surface area contributed by atoms with Crippen molar-refractivity contribution < 1.29 is 0 Å². The largest absolute Gasteiger partial charge is 0.365 e. The fourth-order valence-corrected chi connectivity index (χ4v) is 6.12. The number of fused-ring (bicyclic) bond motifs is 1. The van der Waals surface area contributed by atoms with Crippen LogP contribution in [0, 0.1) is 13.8 Å². The molecule has 0 atom stereocenters.